The molecule has 3 rings (SSSR count). The average Bonchev–Trinajstić information content (AvgIpc) is 3.23. The molecule has 3 fully saturated rings. The van der Waals surface area contributed by atoms with Crippen LogP contribution in [0.1, 0.15) is 90.4 Å². The van der Waals surface area contributed by atoms with Gasteiger partial charge in [0.15, 0.2) is 0 Å². The first-order valence-corrected chi connectivity index (χ1v) is 14.9. The van der Waals surface area contributed by atoms with Crippen LogP contribution in [0.3, 0.4) is 0 Å². The van der Waals surface area contributed by atoms with E-state index in [2.05, 4.69) is 4.90 Å². The number of imide groups is 1. The van der Waals surface area contributed by atoms with E-state index in [1.807, 2.05) is 6.92 Å². The molecule has 2 amide bonds. The molecule has 0 unspecified atom stereocenters. The Hall–Kier alpha value is -1.67. The SMILES string of the molecule is C[C@H]1CC[C@H](O)[C@H](CCCN(CCCCCC(=O)ON2C(=O)CCC2=O)CCC[C@@H]2C[C@@H](O)[C@H](O)[C@@H](CO)O2)O1. The molecule has 3 heterocycles. The largest absolute Gasteiger partial charge is 0.394 e. The standard InChI is InChI=1S/C28H48N2O10/c1-19-10-11-21(32)23(38-19)8-6-16-29(15-5-7-20-17-22(33)28(37)24(18-31)39-20)14-4-2-3-9-27(36)40-30-25(34)12-13-26(30)35/h19-24,28,31-33,37H,2-18H2,1H3/t19-,20+,21-,22+,23-,24+,28-/m0/s1. The smallest absolute Gasteiger partial charge is 0.333 e. The second-order valence-electron chi connectivity index (χ2n) is 11.4. The van der Waals surface area contributed by atoms with Crippen LogP contribution in [-0.4, -0.2) is 117 Å². The maximum Gasteiger partial charge on any atom is 0.333 e. The summed E-state index contributed by atoms with van der Waals surface area (Å²) in [5.74, 6) is -1.54. The molecule has 3 aliphatic heterocycles. The van der Waals surface area contributed by atoms with Gasteiger partial charge in [-0.15, -0.1) is 5.06 Å². The topological polar surface area (TPSA) is 166 Å². The van der Waals surface area contributed by atoms with E-state index in [1.165, 1.54) is 0 Å². The van der Waals surface area contributed by atoms with Gasteiger partial charge in [-0.05, 0) is 77.9 Å². The first kappa shape index (κ1) is 32.8. The van der Waals surface area contributed by atoms with Crippen LogP contribution in [0.4, 0.5) is 0 Å². The number of aliphatic hydroxyl groups is 4. The van der Waals surface area contributed by atoms with Crippen molar-refractivity contribution in [3.05, 3.63) is 0 Å². The van der Waals surface area contributed by atoms with Crippen LogP contribution >= 0.6 is 0 Å². The van der Waals surface area contributed by atoms with Crippen LogP contribution in [0.25, 0.3) is 0 Å². The lowest BCUT2D eigenvalue weighted by Crippen LogP contribution is -2.49. The molecule has 40 heavy (non-hydrogen) atoms. The summed E-state index contributed by atoms with van der Waals surface area (Å²) in [5, 5.41) is 40.3. The van der Waals surface area contributed by atoms with E-state index >= 15 is 0 Å². The van der Waals surface area contributed by atoms with Crippen molar-refractivity contribution in [3.63, 3.8) is 0 Å². The second-order valence-corrected chi connectivity index (χ2v) is 11.4. The summed E-state index contributed by atoms with van der Waals surface area (Å²) in [6.07, 6.45) is 4.19. The van der Waals surface area contributed by atoms with Crippen molar-refractivity contribution in [1.29, 1.82) is 0 Å². The van der Waals surface area contributed by atoms with Gasteiger partial charge < -0.3 is 39.6 Å². The Labute approximate surface area is 236 Å². The number of rotatable bonds is 16. The molecule has 7 atom stereocenters. The Bertz CT molecular complexity index is 798. The van der Waals surface area contributed by atoms with Gasteiger partial charge in [0.1, 0.15) is 12.2 Å². The van der Waals surface area contributed by atoms with E-state index in [0.717, 1.165) is 64.6 Å². The molecule has 0 aliphatic carbocycles. The van der Waals surface area contributed by atoms with Gasteiger partial charge in [-0.1, -0.05) is 6.42 Å². The number of hydroxylamine groups is 2. The number of ether oxygens (including phenoxy) is 2. The minimum Gasteiger partial charge on any atom is -0.394 e. The molecule has 0 aromatic carbocycles. The predicted octanol–water partition coefficient (Wildman–Crippen LogP) is 0.816. The summed E-state index contributed by atoms with van der Waals surface area (Å²) in [4.78, 5) is 42.5. The lowest BCUT2D eigenvalue weighted by molar-refractivity contribution is -0.197. The lowest BCUT2D eigenvalue weighted by atomic mass is 9.95. The van der Waals surface area contributed by atoms with Crippen molar-refractivity contribution in [2.75, 3.05) is 26.2 Å². The number of carbonyl (C=O) groups is 3. The van der Waals surface area contributed by atoms with Gasteiger partial charge in [0.2, 0.25) is 0 Å². The highest BCUT2D eigenvalue weighted by molar-refractivity contribution is 6.01. The Balaban J connectivity index is 1.39. The summed E-state index contributed by atoms with van der Waals surface area (Å²) in [7, 11) is 0. The van der Waals surface area contributed by atoms with Crippen molar-refractivity contribution in [2.45, 2.75) is 133 Å². The number of carbonyl (C=O) groups excluding carboxylic acids is 3. The number of unbranched alkanes of at least 4 members (excludes halogenated alkanes) is 2. The van der Waals surface area contributed by atoms with Crippen LogP contribution in [0, 0.1) is 0 Å². The molecule has 230 valence electrons. The van der Waals surface area contributed by atoms with Crippen molar-refractivity contribution in [2.24, 2.45) is 0 Å². The molecule has 4 N–H and O–H groups in total. The molecule has 0 aromatic rings. The quantitative estimate of drug-likeness (QED) is 0.153. The number of hydrogen-bond donors (Lipinski definition) is 4. The molecule has 0 bridgehead atoms. The molecule has 0 spiro atoms. The maximum atomic E-state index is 12.0. The van der Waals surface area contributed by atoms with Crippen molar-refractivity contribution < 1.29 is 49.1 Å². The van der Waals surface area contributed by atoms with Crippen molar-refractivity contribution in [3.8, 4) is 0 Å². The summed E-state index contributed by atoms with van der Waals surface area (Å²) in [6.45, 7) is 4.14. The lowest BCUT2D eigenvalue weighted by Gasteiger charge is -2.36. The zero-order valence-electron chi connectivity index (χ0n) is 23.7. The summed E-state index contributed by atoms with van der Waals surface area (Å²) < 4.78 is 11.7. The van der Waals surface area contributed by atoms with E-state index in [1.54, 1.807) is 0 Å². The van der Waals surface area contributed by atoms with Crippen LogP contribution in [-0.2, 0) is 28.7 Å². The summed E-state index contributed by atoms with van der Waals surface area (Å²) in [6, 6.07) is 0. The molecule has 0 aromatic heterocycles. The summed E-state index contributed by atoms with van der Waals surface area (Å²) in [5.41, 5.74) is 0. The highest BCUT2D eigenvalue weighted by atomic mass is 16.7. The monoisotopic (exact) mass is 572 g/mol. The fraction of sp³-hybridized carbons (Fsp3) is 0.893. The second kappa shape index (κ2) is 16.7. The molecule has 12 heteroatoms. The van der Waals surface area contributed by atoms with E-state index in [4.69, 9.17) is 14.3 Å². The average molecular weight is 573 g/mol. The Morgan fingerprint density at radius 2 is 1.57 bits per heavy atom. The zero-order chi connectivity index (χ0) is 29.1. The van der Waals surface area contributed by atoms with E-state index in [0.29, 0.717) is 24.3 Å². The minimum atomic E-state index is -1.08. The first-order valence-electron chi connectivity index (χ1n) is 14.9. The van der Waals surface area contributed by atoms with Gasteiger partial charge in [-0.3, -0.25) is 9.59 Å². The Morgan fingerprint density at radius 3 is 2.27 bits per heavy atom. The fourth-order valence-corrected chi connectivity index (χ4v) is 5.67. The highest BCUT2D eigenvalue weighted by Gasteiger charge is 2.36. The number of hydrogen-bond acceptors (Lipinski definition) is 11. The van der Waals surface area contributed by atoms with E-state index in [9.17, 15) is 34.8 Å². The third-order valence-electron chi connectivity index (χ3n) is 8.05. The van der Waals surface area contributed by atoms with E-state index in [-0.39, 0.29) is 44.2 Å². The van der Waals surface area contributed by atoms with Gasteiger partial charge in [-0.25, -0.2) is 4.79 Å². The molecule has 0 radical (unpaired) electrons. The van der Waals surface area contributed by atoms with Crippen LogP contribution < -0.4 is 0 Å². The third kappa shape index (κ3) is 10.3. The van der Waals surface area contributed by atoms with Crippen LogP contribution in [0.5, 0.6) is 0 Å². The number of nitrogens with zero attached hydrogens (tertiary/aromatic N) is 2. The number of amides is 2. The molecular weight excluding hydrogens is 524 g/mol. The molecular formula is C28H48N2O10. The molecule has 3 aliphatic rings. The zero-order valence-corrected chi connectivity index (χ0v) is 23.7. The van der Waals surface area contributed by atoms with Crippen molar-refractivity contribution >= 4 is 17.8 Å². The van der Waals surface area contributed by atoms with Gasteiger partial charge >= 0.3 is 5.97 Å². The molecule has 3 saturated heterocycles. The normalized spacial score (nSPS) is 31.2. The minimum absolute atomic E-state index is 0.0736. The summed E-state index contributed by atoms with van der Waals surface area (Å²) >= 11 is 0. The first-order chi connectivity index (χ1) is 19.2. The van der Waals surface area contributed by atoms with Crippen molar-refractivity contribution in [1.82, 2.24) is 9.96 Å². The van der Waals surface area contributed by atoms with Gasteiger partial charge in [0.05, 0.1) is 37.1 Å². The van der Waals surface area contributed by atoms with Gasteiger partial charge in [-0.2, -0.15) is 0 Å². The van der Waals surface area contributed by atoms with E-state index < -0.39 is 42.2 Å². The Morgan fingerprint density at radius 1 is 0.900 bits per heavy atom. The van der Waals surface area contributed by atoms with Crippen LogP contribution in [0.15, 0.2) is 0 Å². The molecule has 0 saturated carbocycles. The predicted molar refractivity (Wildman–Crippen MR) is 143 cm³/mol. The van der Waals surface area contributed by atoms with Gasteiger partial charge in [0.25, 0.3) is 11.8 Å². The fourth-order valence-electron chi connectivity index (χ4n) is 5.67. The Kier molecular flexibility index (Phi) is 13.7. The van der Waals surface area contributed by atoms with Crippen LogP contribution in [0.2, 0.25) is 0 Å². The highest BCUT2D eigenvalue weighted by Crippen LogP contribution is 2.25. The molecule has 12 nitrogen and oxygen atoms in total. The maximum absolute atomic E-state index is 12.0. The number of aliphatic hydroxyl groups excluding tert-OH is 4. The van der Waals surface area contributed by atoms with Gasteiger partial charge in [0, 0.05) is 25.7 Å². The third-order valence-corrected chi connectivity index (χ3v) is 8.05.